The van der Waals surface area contributed by atoms with Gasteiger partial charge < -0.3 is 9.64 Å². The van der Waals surface area contributed by atoms with Gasteiger partial charge in [-0.15, -0.1) is 0 Å². The maximum absolute atomic E-state index is 11.9. The highest BCUT2D eigenvalue weighted by molar-refractivity contribution is 5.76. The van der Waals surface area contributed by atoms with Gasteiger partial charge in [0.05, 0.1) is 6.54 Å². The van der Waals surface area contributed by atoms with Gasteiger partial charge in [-0.05, 0) is 31.4 Å². The summed E-state index contributed by atoms with van der Waals surface area (Å²) < 4.78 is 5.88. The molecule has 1 unspecified atom stereocenters. The fraction of sp³-hybridized carbons (Fsp3) is 0.571. The Morgan fingerprint density at radius 3 is 3.00 bits per heavy atom. The fourth-order valence-corrected chi connectivity index (χ4v) is 2.24. The van der Waals surface area contributed by atoms with Gasteiger partial charge in [0.25, 0.3) is 0 Å². The normalized spacial score (nSPS) is 19.6. The molecule has 18 heavy (non-hydrogen) atoms. The molecule has 0 radical (unpaired) electrons. The minimum Gasteiger partial charge on any atom is -0.488 e. The highest BCUT2D eigenvalue weighted by Crippen LogP contribution is 2.18. The number of rotatable bonds is 4. The lowest BCUT2D eigenvalue weighted by Gasteiger charge is -2.33. The highest BCUT2D eigenvalue weighted by Gasteiger charge is 2.24. The van der Waals surface area contributed by atoms with Crippen molar-refractivity contribution in [1.82, 2.24) is 9.88 Å². The second kappa shape index (κ2) is 6.38. The number of amides is 1. The molecule has 0 aromatic carbocycles. The van der Waals surface area contributed by atoms with Crippen molar-refractivity contribution in [2.75, 3.05) is 13.1 Å². The van der Waals surface area contributed by atoms with E-state index < -0.39 is 0 Å². The van der Waals surface area contributed by atoms with Crippen LogP contribution in [0.5, 0.6) is 5.75 Å². The molecule has 1 aromatic rings. The third kappa shape index (κ3) is 3.45. The molecule has 1 saturated heterocycles. The van der Waals surface area contributed by atoms with Gasteiger partial charge in [0, 0.05) is 25.4 Å². The molecule has 1 amide bonds. The first kappa shape index (κ1) is 12.9. The quantitative estimate of drug-likeness (QED) is 0.820. The lowest BCUT2D eigenvalue weighted by molar-refractivity contribution is -0.133. The summed E-state index contributed by atoms with van der Waals surface area (Å²) in [6, 6.07) is 3.71. The van der Waals surface area contributed by atoms with E-state index in [-0.39, 0.29) is 12.0 Å². The van der Waals surface area contributed by atoms with Gasteiger partial charge in [-0.2, -0.15) is 0 Å². The third-order valence-electron chi connectivity index (χ3n) is 3.15. The van der Waals surface area contributed by atoms with E-state index >= 15 is 0 Å². The highest BCUT2D eigenvalue weighted by atomic mass is 16.5. The van der Waals surface area contributed by atoms with Gasteiger partial charge in [0.1, 0.15) is 11.9 Å². The van der Waals surface area contributed by atoms with Crippen LogP contribution >= 0.6 is 0 Å². The molecule has 2 rings (SSSR count). The zero-order chi connectivity index (χ0) is 12.8. The number of pyridine rings is 1. The maximum atomic E-state index is 11.9. The van der Waals surface area contributed by atoms with Crippen molar-refractivity contribution in [3.05, 3.63) is 24.5 Å². The van der Waals surface area contributed by atoms with Crippen molar-refractivity contribution in [3.63, 3.8) is 0 Å². The largest absolute Gasteiger partial charge is 0.488 e. The summed E-state index contributed by atoms with van der Waals surface area (Å²) in [6.07, 6.45) is 7.13. The van der Waals surface area contributed by atoms with Crippen LogP contribution in [-0.4, -0.2) is 35.0 Å². The van der Waals surface area contributed by atoms with E-state index in [1.165, 1.54) is 0 Å². The Bertz CT molecular complexity index is 381. The minimum absolute atomic E-state index is 0.113. The molecule has 1 aliphatic heterocycles. The Labute approximate surface area is 108 Å². The summed E-state index contributed by atoms with van der Waals surface area (Å²) >= 11 is 0. The number of ether oxygens (including phenoxy) is 1. The van der Waals surface area contributed by atoms with Crippen LogP contribution in [0, 0.1) is 0 Å². The SMILES string of the molecule is CCCC(=O)N1CCCC(Oc2ccncc2)C1. The Kier molecular flexibility index (Phi) is 4.56. The summed E-state index contributed by atoms with van der Waals surface area (Å²) in [7, 11) is 0. The lowest BCUT2D eigenvalue weighted by Crippen LogP contribution is -2.44. The summed E-state index contributed by atoms with van der Waals surface area (Å²) in [5, 5.41) is 0. The van der Waals surface area contributed by atoms with E-state index in [9.17, 15) is 4.79 Å². The van der Waals surface area contributed by atoms with E-state index in [0.717, 1.165) is 31.6 Å². The molecule has 4 nitrogen and oxygen atoms in total. The van der Waals surface area contributed by atoms with Crippen LogP contribution < -0.4 is 4.74 Å². The molecule has 0 spiro atoms. The first-order chi connectivity index (χ1) is 8.79. The molecular weight excluding hydrogens is 228 g/mol. The zero-order valence-electron chi connectivity index (χ0n) is 10.8. The third-order valence-corrected chi connectivity index (χ3v) is 3.15. The average Bonchev–Trinajstić information content (AvgIpc) is 2.40. The Balaban J connectivity index is 1.89. The number of carbonyl (C=O) groups excluding carboxylic acids is 1. The Morgan fingerprint density at radius 1 is 1.50 bits per heavy atom. The van der Waals surface area contributed by atoms with Crippen LogP contribution in [0.4, 0.5) is 0 Å². The van der Waals surface area contributed by atoms with Gasteiger partial charge in [0.2, 0.25) is 5.91 Å². The molecule has 2 heterocycles. The monoisotopic (exact) mass is 248 g/mol. The first-order valence-electron chi connectivity index (χ1n) is 6.64. The van der Waals surface area contributed by atoms with Crippen LogP contribution in [0.2, 0.25) is 0 Å². The van der Waals surface area contributed by atoms with Crippen molar-refractivity contribution >= 4 is 5.91 Å². The second-order valence-corrected chi connectivity index (χ2v) is 4.65. The van der Waals surface area contributed by atoms with Gasteiger partial charge in [-0.1, -0.05) is 6.92 Å². The Hall–Kier alpha value is -1.58. The predicted molar refractivity (Wildman–Crippen MR) is 69.4 cm³/mol. The number of likely N-dealkylation sites (tertiary alicyclic amines) is 1. The molecule has 1 aliphatic rings. The van der Waals surface area contributed by atoms with Crippen molar-refractivity contribution in [1.29, 1.82) is 0 Å². The van der Waals surface area contributed by atoms with Gasteiger partial charge in [-0.3, -0.25) is 9.78 Å². The van der Waals surface area contributed by atoms with E-state index in [2.05, 4.69) is 4.98 Å². The van der Waals surface area contributed by atoms with Gasteiger partial charge in [-0.25, -0.2) is 0 Å². The van der Waals surface area contributed by atoms with E-state index in [1.807, 2.05) is 24.0 Å². The smallest absolute Gasteiger partial charge is 0.222 e. The topological polar surface area (TPSA) is 42.4 Å². The molecule has 1 atom stereocenters. The average molecular weight is 248 g/mol. The molecule has 98 valence electrons. The molecular formula is C14H20N2O2. The zero-order valence-corrected chi connectivity index (χ0v) is 10.8. The number of nitrogens with zero attached hydrogens (tertiary/aromatic N) is 2. The number of carbonyl (C=O) groups is 1. The van der Waals surface area contributed by atoms with Crippen LogP contribution in [0.25, 0.3) is 0 Å². The standard InChI is InChI=1S/C14H20N2O2/c1-2-4-14(17)16-10-3-5-13(11-16)18-12-6-8-15-9-7-12/h6-9,13H,2-5,10-11H2,1H3. The molecule has 0 bridgehead atoms. The lowest BCUT2D eigenvalue weighted by atomic mass is 10.1. The van der Waals surface area contributed by atoms with Crippen LogP contribution in [0.1, 0.15) is 32.6 Å². The number of aromatic nitrogens is 1. The number of hydrogen-bond donors (Lipinski definition) is 0. The molecule has 1 aromatic heterocycles. The fourth-order valence-electron chi connectivity index (χ4n) is 2.24. The molecule has 0 saturated carbocycles. The Morgan fingerprint density at radius 2 is 2.28 bits per heavy atom. The summed E-state index contributed by atoms with van der Waals surface area (Å²) in [5.74, 6) is 1.08. The van der Waals surface area contributed by atoms with Crippen molar-refractivity contribution in [2.24, 2.45) is 0 Å². The first-order valence-corrected chi connectivity index (χ1v) is 6.64. The number of piperidine rings is 1. The minimum atomic E-state index is 0.113. The van der Waals surface area contributed by atoms with E-state index in [4.69, 9.17) is 4.74 Å². The van der Waals surface area contributed by atoms with E-state index in [1.54, 1.807) is 12.4 Å². The summed E-state index contributed by atoms with van der Waals surface area (Å²) in [4.78, 5) is 17.7. The van der Waals surface area contributed by atoms with Crippen molar-refractivity contribution in [3.8, 4) is 5.75 Å². The van der Waals surface area contributed by atoms with Gasteiger partial charge >= 0.3 is 0 Å². The van der Waals surface area contributed by atoms with E-state index in [0.29, 0.717) is 13.0 Å². The molecule has 4 heteroatoms. The van der Waals surface area contributed by atoms with Crippen LogP contribution in [0.3, 0.4) is 0 Å². The molecule has 0 N–H and O–H groups in total. The van der Waals surface area contributed by atoms with Crippen molar-refractivity contribution < 1.29 is 9.53 Å². The van der Waals surface area contributed by atoms with Gasteiger partial charge in [0.15, 0.2) is 0 Å². The number of hydrogen-bond acceptors (Lipinski definition) is 3. The molecule has 1 fully saturated rings. The molecule has 0 aliphatic carbocycles. The second-order valence-electron chi connectivity index (χ2n) is 4.65. The summed E-state index contributed by atoms with van der Waals surface area (Å²) in [6.45, 7) is 3.61. The van der Waals surface area contributed by atoms with Crippen LogP contribution in [-0.2, 0) is 4.79 Å². The maximum Gasteiger partial charge on any atom is 0.222 e. The van der Waals surface area contributed by atoms with Crippen molar-refractivity contribution in [2.45, 2.75) is 38.7 Å². The summed E-state index contributed by atoms with van der Waals surface area (Å²) in [5.41, 5.74) is 0. The van der Waals surface area contributed by atoms with Crippen LogP contribution in [0.15, 0.2) is 24.5 Å². The predicted octanol–water partition coefficient (Wildman–Crippen LogP) is 2.25.